The van der Waals surface area contributed by atoms with E-state index in [1.165, 1.54) is 0 Å². The molecule has 0 spiro atoms. The first-order chi connectivity index (χ1) is 13.0. The second-order valence-corrected chi connectivity index (χ2v) is 6.60. The Hall–Kier alpha value is -2.39. The Morgan fingerprint density at radius 1 is 1.37 bits per heavy atom. The summed E-state index contributed by atoms with van der Waals surface area (Å²) in [5.74, 6) is 0.958. The second kappa shape index (κ2) is 10.7. The van der Waals surface area contributed by atoms with Gasteiger partial charge < -0.3 is 24.4 Å². The van der Waals surface area contributed by atoms with Crippen LogP contribution in [0.5, 0.6) is 11.5 Å². The molecule has 1 aromatic rings. The maximum atomic E-state index is 12.2. The number of carbonyl (C=O) groups is 1. The molecule has 2 rings (SSSR count). The monoisotopic (exact) mass is 394 g/mol. The molecule has 1 amide bonds. The van der Waals surface area contributed by atoms with Crippen molar-refractivity contribution in [3.8, 4) is 11.5 Å². The van der Waals surface area contributed by atoms with Gasteiger partial charge in [-0.1, -0.05) is 0 Å². The Labute approximate surface area is 164 Å². The van der Waals surface area contributed by atoms with Crippen LogP contribution < -0.4 is 20.2 Å². The molecule has 0 aromatic heterocycles. The van der Waals surface area contributed by atoms with Crippen LogP contribution in [0.2, 0.25) is 0 Å². The Bertz CT molecular complexity index is 675. The van der Waals surface area contributed by atoms with Crippen molar-refractivity contribution in [2.45, 2.75) is 19.9 Å². The number of carbonyl (C=O) groups excluding carboxylic acids is 1. The van der Waals surface area contributed by atoms with Crippen LogP contribution in [0.4, 0.5) is 0 Å². The number of methoxy groups -OCH3 is 1. The summed E-state index contributed by atoms with van der Waals surface area (Å²) in [4.78, 5) is 13.9. The first kappa shape index (κ1) is 20.9. The van der Waals surface area contributed by atoms with Crippen molar-refractivity contribution >= 4 is 29.5 Å². The molecule has 1 aliphatic heterocycles. The van der Waals surface area contributed by atoms with Gasteiger partial charge in [-0.3, -0.25) is 10.2 Å². The summed E-state index contributed by atoms with van der Waals surface area (Å²) in [6.45, 7) is 6.25. The molecule has 1 saturated heterocycles. The molecule has 1 heterocycles. The van der Waals surface area contributed by atoms with Gasteiger partial charge in [0.25, 0.3) is 5.91 Å². The lowest BCUT2D eigenvalue weighted by Gasteiger charge is -2.26. The van der Waals surface area contributed by atoms with Crippen LogP contribution in [0, 0.1) is 0 Å². The van der Waals surface area contributed by atoms with Crippen LogP contribution in [0.1, 0.15) is 19.4 Å². The summed E-state index contributed by atoms with van der Waals surface area (Å²) in [5.41, 5.74) is 3.55. The Balaban J connectivity index is 1.91. The number of rotatable bonds is 7. The summed E-state index contributed by atoms with van der Waals surface area (Å²) < 4.78 is 16.2. The Kier molecular flexibility index (Phi) is 8.28. The van der Waals surface area contributed by atoms with Crippen molar-refractivity contribution in [3.63, 3.8) is 0 Å². The van der Waals surface area contributed by atoms with Gasteiger partial charge in [0.1, 0.15) is 0 Å². The van der Waals surface area contributed by atoms with Crippen molar-refractivity contribution < 1.29 is 19.0 Å². The van der Waals surface area contributed by atoms with E-state index < -0.39 is 0 Å². The fraction of sp³-hybridized carbons (Fsp3) is 0.500. The highest BCUT2D eigenvalue weighted by atomic mass is 32.1. The molecule has 0 aliphatic carbocycles. The van der Waals surface area contributed by atoms with Gasteiger partial charge in [-0.15, -0.1) is 0 Å². The quantitative estimate of drug-likeness (QED) is 0.408. The third kappa shape index (κ3) is 7.03. The highest BCUT2D eigenvalue weighted by Crippen LogP contribution is 2.27. The average molecular weight is 394 g/mol. The van der Waals surface area contributed by atoms with Gasteiger partial charge in [-0.2, -0.15) is 5.10 Å². The maximum absolute atomic E-state index is 12.2. The average Bonchev–Trinajstić information content (AvgIpc) is 2.66. The van der Waals surface area contributed by atoms with E-state index in [9.17, 15) is 4.79 Å². The van der Waals surface area contributed by atoms with E-state index in [4.69, 9.17) is 26.4 Å². The molecular formula is C18H26N4O4S. The Morgan fingerprint density at radius 2 is 2.11 bits per heavy atom. The fourth-order valence-corrected chi connectivity index (χ4v) is 2.68. The lowest BCUT2D eigenvalue weighted by atomic mass is 10.2. The SMILES string of the molecule is COc1cc(/C=N\NC(=S)NC(C)C)ccc1OCC(=O)N1CCOCC1. The molecule has 1 aromatic carbocycles. The number of thiocarbonyl (C=S) groups is 1. The molecule has 0 bridgehead atoms. The number of nitrogens with one attached hydrogen (secondary N) is 2. The highest BCUT2D eigenvalue weighted by Gasteiger charge is 2.18. The van der Waals surface area contributed by atoms with E-state index in [-0.39, 0.29) is 18.6 Å². The topological polar surface area (TPSA) is 84.4 Å². The van der Waals surface area contributed by atoms with Crippen LogP contribution in [-0.2, 0) is 9.53 Å². The van der Waals surface area contributed by atoms with Gasteiger partial charge in [-0.25, -0.2) is 0 Å². The third-order valence-corrected chi connectivity index (χ3v) is 3.91. The van der Waals surface area contributed by atoms with E-state index >= 15 is 0 Å². The van der Waals surface area contributed by atoms with Crippen LogP contribution in [0.15, 0.2) is 23.3 Å². The van der Waals surface area contributed by atoms with E-state index in [1.54, 1.807) is 30.4 Å². The standard InChI is InChI=1S/C18H26N4O4S/c1-13(2)20-18(27)21-19-11-14-4-5-15(16(10-14)24-3)26-12-17(23)22-6-8-25-9-7-22/h4-5,10-11,13H,6-9,12H2,1-3H3,(H2,20,21,27)/b19-11-. The summed E-state index contributed by atoms with van der Waals surface area (Å²) >= 11 is 5.10. The Morgan fingerprint density at radius 3 is 2.78 bits per heavy atom. The number of hydrogen-bond donors (Lipinski definition) is 2. The van der Waals surface area contributed by atoms with Gasteiger partial charge in [0.05, 0.1) is 26.5 Å². The zero-order valence-corrected chi connectivity index (χ0v) is 16.7. The summed E-state index contributed by atoms with van der Waals surface area (Å²) in [6.07, 6.45) is 1.62. The van der Waals surface area contributed by atoms with Crippen LogP contribution in [-0.4, -0.2) is 68.2 Å². The van der Waals surface area contributed by atoms with Crippen LogP contribution in [0.25, 0.3) is 0 Å². The molecule has 0 unspecified atom stereocenters. The minimum atomic E-state index is -0.0682. The van der Waals surface area contributed by atoms with Gasteiger partial charge in [0.2, 0.25) is 0 Å². The van der Waals surface area contributed by atoms with Crippen LogP contribution in [0.3, 0.4) is 0 Å². The number of benzene rings is 1. The smallest absolute Gasteiger partial charge is 0.260 e. The lowest BCUT2D eigenvalue weighted by molar-refractivity contribution is -0.137. The molecule has 1 fully saturated rings. The largest absolute Gasteiger partial charge is 0.493 e. The normalized spacial score (nSPS) is 14.3. The summed E-state index contributed by atoms with van der Waals surface area (Å²) in [7, 11) is 1.55. The zero-order chi connectivity index (χ0) is 19.6. The molecule has 2 N–H and O–H groups in total. The van der Waals surface area contributed by atoms with E-state index in [0.29, 0.717) is 42.9 Å². The zero-order valence-electron chi connectivity index (χ0n) is 15.9. The van der Waals surface area contributed by atoms with Crippen molar-refractivity contribution in [3.05, 3.63) is 23.8 Å². The fourth-order valence-electron chi connectivity index (χ4n) is 2.39. The predicted octanol–water partition coefficient (Wildman–Crippen LogP) is 1.14. The minimum absolute atomic E-state index is 0.0412. The number of morpholine rings is 1. The maximum Gasteiger partial charge on any atom is 0.260 e. The summed E-state index contributed by atoms with van der Waals surface area (Å²) in [5, 5.41) is 7.57. The number of hydrogen-bond acceptors (Lipinski definition) is 6. The van der Waals surface area contributed by atoms with Gasteiger partial charge in [0.15, 0.2) is 23.2 Å². The highest BCUT2D eigenvalue weighted by molar-refractivity contribution is 7.80. The van der Waals surface area contributed by atoms with E-state index in [2.05, 4.69) is 15.8 Å². The van der Waals surface area contributed by atoms with Crippen molar-refractivity contribution in [1.29, 1.82) is 0 Å². The number of amides is 1. The lowest BCUT2D eigenvalue weighted by Crippen LogP contribution is -2.43. The van der Waals surface area contributed by atoms with Crippen molar-refractivity contribution in [2.24, 2.45) is 5.10 Å². The van der Waals surface area contributed by atoms with Gasteiger partial charge in [-0.05, 0) is 49.8 Å². The number of hydrazone groups is 1. The second-order valence-electron chi connectivity index (χ2n) is 6.19. The van der Waals surface area contributed by atoms with Crippen molar-refractivity contribution in [2.75, 3.05) is 40.0 Å². The predicted molar refractivity (Wildman–Crippen MR) is 107 cm³/mol. The molecule has 0 saturated carbocycles. The first-order valence-corrected chi connectivity index (χ1v) is 9.16. The number of nitrogens with zero attached hydrogens (tertiary/aromatic N) is 2. The van der Waals surface area contributed by atoms with Crippen molar-refractivity contribution in [1.82, 2.24) is 15.6 Å². The minimum Gasteiger partial charge on any atom is -0.493 e. The van der Waals surface area contributed by atoms with Gasteiger partial charge in [0, 0.05) is 19.1 Å². The molecule has 0 atom stereocenters. The molecule has 148 valence electrons. The number of ether oxygens (including phenoxy) is 3. The third-order valence-electron chi connectivity index (χ3n) is 3.70. The molecule has 9 heteroatoms. The molecule has 27 heavy (non-hydrogen) atoms. The molecule has 1 aliphatic rings. The summed E-state index contributed by atoms with van der Waals surface area (Å²) in [6, 6.07) is 5.58. The first-order valence-electron chi connectivity index (χ1n) is 8.75. The van der Waals surface area contributed by atoms with Crippen LogP contribution >= 0.6 is 12.2 Å². The molecule has 8 nitrogen and oxygen atoms in total. The van der Waals surface area contributed by atoms with Gasteiger partial charge >= 0.3 is 0 Å². The van der Waals surface area contributed by atoms with E-state index in [0.717, 1.165) is 5.56 Å². The molecule has 0 radical (unpaired) electrons. The molecular weight excluding hydrogens is 368 g/mol. The van der Waals surface area contributed by atoms with E-state index in [1.807, 2.05) is 19.9 Å².